The number of sulfonamides is 1. The normalized spacial score (nSPS) is 13.2. The van der Waals surface area contributed by atoms with Gasteiger partial charge in [-0.1, -0.05) is 12.1 Å². The number of hydrogen-bond acceptors (Lipinski definition) is 6. The van der Waals surface area contributed by atoms with Crippen molar-refractivity contribution in [2.45, 2.75) is 13.0 Å². The summed E-state index contributed by atoms with van der Waals surface area (Å²) in [7, 11) is -3.41. The van der Waals surface area contributed by atoms with Crippen LogP contribution in [0.25, 0.3) is 0 Å². The summed E-state index contributed by atoms with van der Waals surface area (Å²) >= 11 is 1.52. The van der Waals surface area contributed by atoms with Gasteiger partial charge in [-0.2, -0.15) is 4.31 Å². The number of benzene rings is 1. The molecule has 9 heteroatoms. The van der Waals surface area contributed by atoms with Crippen molar-refractivity contribution in [3.8, 4) is 11.5 Å². The highest BCUT2D eigenvalue weighted by Crippen LogP contribution is 2.32. The van der Waals surface area contributed by atoms with E-state index in [1.807, 2.05) is 17.5 Å². The first-order chi connectivity index (χ1) is 12.4. The maximum Gasteiger partial charge on any atom is 0.231 e. The maximum absolute atomic E-state index is 12.1. The lowest BCUT2D eigenvalue weighted by Gasteiger charge is -2.20. The van der Waals surface area contributed by atoms with Gasteiger partial charge in [-0.25, -0.2) is 8.42 Å². The third-order valence-corrected chi connectivity index (χ3v) is 5.99. The molecule has 0 bridgehead atoms. The lowest BCUT2D eigenvalue weighted by molar-refractivity contribution is -0.120. The Hall–Kier alpha value is -2.10. The van der Waals surface area contributed by atoms with Crippen LogP contribution in [-0.2, 0) is 27.8 Å². The molecule has 0 fully saturated rings. The molecule has 0 unspecified atom stereocenters. The van der Waals surface area contributed by atoms with Crippen LogP contribution >= 0.6 is 11.3 Å². The van der Waals surface area contributed by atoms with E-state index in [2.05, 4.69) is 5.32 Å². The summed E-state index contributed by atoms with van der Waals surface area (Å²) in [4.78, 5) is 12.9. The topological polar surface area (TPSA) is 84.9 Å². The van der Waals surface area contributed by atoms with E-state index in [0.717, 1.165) is 16.7 Å². The first kappa shape index (κ1) is 18.7. The Balaban J connectivity index is 1.56. The lowest BCUT2D eigenvalue weighted by atomic mass is 10.2. The molecule has 1 aromatic carbocycles. The molecule has 0 saturated carbocycles. The number of nitrogens with one attached hydrogen (secondary N) is 1. The van der Waals surface area contributed by atoms with Crippen molar-refractivity contribution in [1.29, 1.82) is 0 Å². The number of amides is 1. The Morgan fingerprint density at radius 1 is 1.27 bits per heavy atom. The fourth-order valence-electron chi connectivity index (χ4n) is 2.56. The summed E-state index contributed by atoms with van der Waals surface area (Å²) in [5.74, 6) is 1.14. The van der Waals surface area contributed by atoms with E-state index >= 15 is 0 Å². The van der Waals surface area contributed by atoms with Gasteiger partial charge in [0.05, 0.1) is 12.7 Å². The molecule has 2 aromatic rings. The first-order valence-corrected chi connectivity index (χ1v) is 10.8. The fraction of sp³-hybridized carbons (Fsp3) is 0.353. The van der Waals surface area contributed by atoms with Gasteiger partial charge in [0, 0.05) is 24.5 Å². The van der Waals surface area contributed by atoms with E-state index in [1.54, 1.807) is 18.2 Å². The zero-order valence-electron chi connectivity index (χ0n) is 14.3. The molecule has 1 aromatic heterocycles. The second kappa shape index (κ2) is 8.07. The van der Waals surface area contributed by atoms with Crippen LogP contribution in [0, 0.1) is 0 Å². The summed E-state index contributed by atoms with van der Waals surface area (Å²) in [5, 5.41) is 4.68. The Morgan fingerprint density at radius 3 is 2.81 bits per heavy atom. The van der Waals surface area contributed by atoms with Crippen LogP contribution in [0.4, 0.5) is 0 Å². The third-order valence-electron chi connectivity index (χ3n) is 3.86. The van der Waals surface area contributed by atoms with Gasteiger partial charge < -0.3 is 14.8 Å². The number of nitrogens with zero attached hydrogens (tertiary/aromatic N) is 1. The van der Waals surface area contributed by atoms with E-state index in [1.165, 1.54) is 15.6 Å². The van der Waals surface area contributed by atoms with Gasteiger partial charge >= 0.3 is 0 Å². The minimum Gasteiger partial charge on any atom is -0.454 e. The zero-order valence-corrected chi connectivity index (χ0v) is 15.9. The number of carbonyl (C=O) groups excluding carboxylic acids is 1. The number of hydrogen-bond donors (Lipinski definition) is 1. The molecule has 1 aliphatic rings. The predicted molar refractivity (Wildman–Crippen MR) is 98.9 cm³/mol. The van der Waals surface area contributed by atoms with Crippen LogP contribution in [0.5, 0.6) is 11.5 Å². The summed E-state index contributed by atoms with van der Waals surface area (Å²) in [6.07, 6.45) is 1.46. The van der Waals surface area contributed by atoms with E-state index in [4.69, 9.17) is 9.47 Å². The molecule has 2 heterocycles. The van der Waals surface area contributed by atoms with Crippen LogP contribution in [0.1, 0.15) is 10.4 Å². The smallest absolute Gasteiger partial charge is 0.231 e. The lowest BCUT2D eigenvalue weighted by Crippen LogP contribution is -2.38. The van der Waals surface area contributed by atoms with Crippen molar-refractivity contribution in [3.63, 3.8) is 0 Å². The number of carbonyl (C=O) groups is 1. The number of fused-ring (bicyclic) bond motifs is 1. The molecule has 7 nitrogen and oxygen atoms in total. The van der Waals surface area contributed by atoms with Crippen molar-refractivity contribution in [2.75, 3.05) is 26.1 Å². The van der Waals surface area contributed by atoms with Gasteiger partial charge in [-0.15, -0.1) is 11.3 Å². The van der Waals surface area contributed by atoms with Crippen LogP contribution in [0.15, 0.2) is 35.7 Å². The Morgan fingerprint density at radius 2 is 2.08 bits per heavy atom. The van der Waals surface area contributed by atoms with Gasteiger partial charge in [0.1, 0.15) is 0 Å². The molecule has 0 radical (unpaired) electrons. The van der Waals surface area contributed by atoms with Gasteiger partial charge in [0.2, 0.25) is 22.7 Å². The van der Waals surface area contributed by atoms with E-state index in [9.17, 15) is 13.2 Å². The van der Waals surface area contributed by atoms with E-state index in [-0.39, 0.29) is 32.3 Å². The molecule has 1 N–H and O–H groups in total. The summed E-state index contributed by atoms with van der Waals surface area (Å²) < 4.78 is 36.0. The highest BCUT2D eigenvalue weighted by Gasteiger charge is 2.19. The Labute approximate surface area is 156 Å². The molecular formula is C17H20N2O5S2. The molecule has 0 aliphatic carbocycles. The first-order valence-electron chi connectivity index (χ1n) is 8.04. The molecule has 1 aliphatic heterocycles. The van der Waals surface area contributed by atoms with Crippen LogP contribution in [-0.4, -0.2) is 44.8 Å². The number of rotatable bonds is 8. The standard InChI is InChI=1S/C17H20N2O5S2/c1-26(21,22)19(7-6-18-17(20)10-14-3-2-8-25-14)11-13-4-5-15-16(9-13)24-12-23-15/h2-5,8-9H,6-7,10-12H2,1H3,(H,18,20). The average molecular weight is 396 g/mol. The molecule has 140 valence electrons. The van der Waals surface area contributed by atoms with Crippen LogP contribution in [0.2, 0.25) is 0 Å². The quantitative estimate of drug-likeness (QED) is 0.733. The van der Waals surface area contributed by atoms with Gasteiger partial charge in [-0.05, 0) is 29.1 Å². The summed E-state index contributed by atoms with van der Waals surface area (Å²) in [6, 6.07) is 9.13. The van der Waals surface area contributed by atoms with Gasteiger partial charge in [0.25, 0.3) is 0 Å². The summed E-state index contributed by atoms with van der Waals surface area (Å²) in [6.45, 7) is 0.826. The maximum atomic E-state index is 12.1. The fourth-order valence-corrected chi connectivity index (χ4v) is 4.07. The largest absolute Gasteiger partial charge is 0.454 e. The van der Waals surface area contributed by atoms with Crippen molar-refractivity contribution in [3.05, 3.63) is 46.2 Å². The molecule has 0 spiro atoms. The Kier molecular flexibility index (Phi) is 5.80. The van der Waals surface area contributed by atoms with Crippen molar-refractivity contribution in [1.82, 2.24) is 9.62 Å². The molecule has 0 saturated heterocycles. The van der Waals surface area contributed by atoms with Crippen LogP contribution < -0.4 is 14.8 Å². The molecule has 3 rings (SSSR count). The van der Waals surface area contributed by atoms with Crippen LogP contribution in [0.3, 0.4) is 0 Å². The molecule has 1 amide bonds. The van der Waals surface area contributed by atoms with E-state index in [0.29, 0.717) is 17.9 Å². The minimum atomic E-state index is -3.41. The van der Waals surface area contributed by atoms with Gasteiger partial charge in [0.15, 0.2) is 11.5 Å². The second-order valence-corrected chi connectivity index (χ2v) is 8.90. The number of thiophene rings is 1. The SMILES string of the molecule is CS(=O)(=O)N(CCNC(=O)Cc1cccs1)Cc1ccc2c(c1)OCO2. The highest BCUT2D eigenvalue weighted by atomic mass is 32.2. The monoisotopic (exact) mass is 396 g/mol. The van der Waals surface area contributed by atoms with Crippen molar-refractivity contribution < 1.29 is 22.7 Å². The van der Waals surface area contributed by atoms with Crippen molar-refractivity contribution >= 4 is 27.3 Å². The molecule has 0 atom stereocenters. The highest BCUT2D eigenvalue weighted by molar-refractivity contribution is 7.88. The molecular weight excluding hydrogens is 376 g/mol. The Bertz CT molecular complexity index is 865. The number of ether oxygens (including phenoxy) is 2. The van der Waals surface area contributed by atoms with E-state index < -0.39 is 10.0 Å². The second-order valence-electron chi connectivity index (χ2n) is 5.89. The summed E-state index contributed by atoms with van der Waals surface area (Å²) in [5.41, 5.74) is 0.796. The zero-order chi connectivity index (χ0) is 18.6. The predicted octanol–water partition coefficient (Wildman–Crippen LogP) is 1.60. The van der Waals surface area contributed by atoms with Crippen molar-refractivity contribution in [2.24, 2.45) is 0 Å². The van der Waals surface area contributed by atoms with Gasteiger partial charge in [-0.3, -0.25) is 4.79 Å². The third kappa shape index (κ3) is 4.96. The molecule has 26 heavy (non-hydrogen) atoms. The minimum absolute atomic E-state index is 0.121. The average Bonchev–Trinajstić information content (AvgIpc) is 3.23.